The molecule has 20 heavy (non-hydrogen) atoms. The van der Waals surface area contributed by atoms with Crippen LogP contribution in [0.15, 0.2) is 48.7 Å². The first-order valence-corrected chi connectivity index (χ1v) is 6.21. The van der Waals surface area contributed by atoms with Gasteiger partial charge in [-0.3, -0.25) is 4.98 Å². The molecule has 3 aromatic rings. The van der Waals surface area contributed by atoms with E-state index >= 15 is 0 Å². The number of pyridine rings is 1. The van der Waals surface area contributed by atoms with E-state index in [-0.39, 0.29) is 5.52 Å². The highest BCUT2D eigenvalue weighted by molar-refractivity contribution is 5.93. The first-order chi connectivity index (χ1) is 9.63. The lowest BCUT2D eigenvalue weighted by Gasteiger charge is -2.10. The molecule has 2 nitrogen and oxygen atoms in total. The molecule has 0 saturated heterocycles. The fraction of sp³-hybridized carbons (Fsp3) is 0.0625. The smallest absolute Gasteiger partial charge is 0.152 e. The molecule has 0 amide bonds. The first-order valence-electron chi connectivity index (χ1n) is 6.21. The summed E-state index contributed by atoms with van der Waals surface area (Å²) in [5.74, 6) is -1.28. The second-order valence-electron chi connectivity index (χ2n) is 4.63. The molecule has 0 bridgehead atoms. The van der Waals surface area contributed by atoms with Gasteiger partial charge in [0, 0.05) is 29.0 Å². The lowest BCUT2D eigenvalue weighted by molar-refractivity contribution is 0.590. The Morgan fingerprint density at radius 3 is 2.50 bits per heavy atom. The Hall–Kier alpha value is -2.49. The number of benzene rings is 2. The lowest BCUT2D eigenvalue weighted by atomic mass is 10.1. The number of hydrogen-bond acceptors (Lipinski definition) is 2. The third kappa shape index (κ3) is 2.32. The number of anilines is 2. The topological polar surface area (TPSA) is 24.9 Å². The van der Waals surface area contributed by atoms with Gasteiger partial charge in [-0.2, -0.15) is 0 Å². The molecule has 0 radical (unpaired) electrons. The maximum Gasteiger partial charge on any atom is 0.152 e. The molecule has 0 unspecified atom stereocenters. The summed E-state index contributed by atoms with van der Waals surface area (Å²) in [4.78, 5) is 3.96. The highest BCUT2D eigenvalue weighted by Crippen LogP contribution is 2.27. The van der Waals surface area contributed by atoms with E-state index in [1.54, 1.807) is 6.07 Å². The molecule has 1 heterocycles. The zero-order valence-electron chi connectivity index (χ0n) is 10.8. The van der Waals surface area contributed by atoms with Crippen LogP contribution in [0.2, 0.25) is 0 Å². The summed E-state index contributed by atoms with van der Waals surface area (Å²) in [7, 11) is 0. The average molecular weight is 270 g/mol. The zero-order chi connectivity index (χ0) is 14.1. The Morgan fingerprint density at radius 1 is 1.00 bits per heavy atom. The summed E-state index contributed by atoms with van der Waals surface area (Å²) in [6, 6.07) is 11.6. The number of halogens is 2. The van der Waals surface area contributed by atoms with Crippen LogP contribution in [0.5, 0.6) is 0 Å². The van der Waals surface area contributed by atoms with Gasteiger partial charge in [0.1, 0.15) is 11.3 Å². The van der Waals surface area contributed by atoms with Gasteiger partial charge in [-0.1, -0.05) is 17.7 Å². The Bertz CT molecular complexity index is 767. The predicted octanol–water partition coefficient (Wildman–Crippen LogP) is 4.57. The second kappa shape index (κ2) is 4.89. The maximum absolute atomic E-state index is 13.7. The number of hydrogen-bond donors (Lipinski definition) is 1. The molecule has 100 valence electrons. The normalized spacial score (nSPS) is 10.8. The van der Waals surface area contributed by atoms with Gasteiger partial charge in [0.25, 0.3) is 0 Å². The fourth-order valence-electron chi connectivity index (χ4n) is 2.08. The Kier molecular flexibility index (Phi) is 3.06. The van der Waals surface area contributed by atoms with E-state index in [1.165, 1.54) is 12.3 Å². The second-order valence-corrected chi connectivity index (χ2v) is 4.63. The van der Waals surface area contributed by atoms with Crippen LogP contribution in [0.25, 0.3) is 10.9 Å². The monoisotopic (exact) mass is 270 g/mol. The summed E-state index contributed by atoms with van der Waals surface area (Å²) in [6.07, 6.45) is 1.50. The molecular weight excluding hydrogens is 258 g/mol. The number of aryl methyl sites for hydroxylation is 1. The standard InChI is InChI=1S/C16H12F2N2/c1-10-2-4-12(5-3-10)20-15-6-7-19-16-13(15)8-11(17)9-14(16)18/h2-9H,1H3,(H,19,20). The summed E-state index contributed by atoms with van der Waals surface area (Å²) in [5, 5.41) is 3.58. The van der Waals surface area contributed by atoms with Gasteiger partial charge in [-0.05, 0) is 31.2 Å². The first kappa shape index (κ1) is 12.5. The van der Waals surface area contributed by atoms with Crippen LogP contribution in [0.1, 0.15) is 5.56 Å². The molecule has 0 saturated carbocycles. The lowest BCUT2D eigenvalue weighted by Crippen LogP contribution is -1.95. The van der Waals surface area contributed by atoms with Gasteiger partial charge >= 0.3 is 0 Å². The van der Waals surface area contributed by atoms with E-state index in [0.717, 1.165) is 17.3 Å². The molecule has 0 atom stereocenters. The van der Waals surface area contributed by atoms with Crippen LogP contribution in [0.3, 0.4) is 0 Å². The van der Waals surface area contributed by atoms with Crippen LogP contribution >= 0.6 is 0 Å². The van der Waals surface area contributed by atoms with Crippen molar-refractivity contribution in [2.75, 3.05) is 5.32 Å². The van der Waals surface area contributed by atoms with Gasteiger partial charge in [-0.25, -0.2) is 8.78 Å². The molecule has 0 spiro atoms. The minimum absolute atomic E-state index is 0.156. The van der Waals surface area contributed by atoms with Crippen molar-refractivity contribution in [3.8, 4) is 0 Å². The van der Waals surface area contributed by atoms with Crippen molar-refractivity contribution in [3.63, 3.8) is 0 Å². The minimum atomic E-state index is -0.660. The van der Waals surface area contributed by atoms with Crippen LogP contribution < -0.4 is 5.32 Å². The predicted molar refractivity (Wildman–Crippen MR) is 76.1 cm³/mol. The number of rotatable bonds is 2. The molecular formula is C16H12F2N2. The molecule has 0 aliphatic heterocycles. The molecule has 4 heteroatoms. The van der Waals surface area contributed by atoms with E-state index < -0.39 is 11.6 Å². The highest BCUT2D eigenvalue weighted by atomic mass is 19.1. The zero-order valence-corrected chi connectivity index (χ0v) is 10.8. The van der Waals surface area contributed by atoms with Gasteiger partial charge in [-0.15, -0.1) is 0 Å². The van der Waals surface area contributed by atoms with Crippen molar-refractivity contribution in [3.05, 3.63) is 65.9 Å². The van der Waals surface area contributed by atoms with Crippen molar-refractivity contribution in [1.82, 2.24) is 4.98 Å². The molecule has 0 fully saturated rings. The van der Waals surface area contributed by atoms with Crippen molar-refractivity contribution in [2.45, 2.75) is 6.92 Å². The van der Waals surface area contributed by atoms with Crippen LogP contribution in [-0.2, 0) is 0 Å². The average Bonchev–Trinajstić information content (AvgIpc) is 2.42. The van der Waals surface area contributed by atoms with E-state index in [0.29, 0.717) is 11.1 Å². The van der Waals surface area contributed by atoms with Crippen LogP contribution in [-0.4, -0.2) is 4.98 Å². The number of nitrogens with zero attached hydrogens (tertiary/aromatic N) is 1. The van der Waals surface area contributed by atoms with E-state index in [4.69, 9.17) is 0 Å². The fourth-order valence-corrected chi connectivity index (χ4v) is 2.08. The summed E-state index contributed by atoms with van der Waals surface area (Å²) < 4.78 is 27.1. The van der Waals surface area contributed by atoms with Crippen molar-refractivity contribution >= 4 is 22.3 Å². The Morgan fingerprint density at radius 2 is 1.75 bits per heavy atom. The van der Waals surface area contributed by atoms with E-state index in [1.807, 2.05) is 31.2 Å². The Labute approximate surface area is 115 Å². The van der Waals surface area contributed by atoms with Crippen LogP contribution in [0.4, 0.5) is 20.2 Å². The van der Waals surface area contributed by atoms with Gasteiger partial charge in [0.15, 0.2) is 5.82 Å². The number of nitrogens with one attached hydrogen (secondary N) is 1. The van der Waals surface area contributed by atoms with Gasteiger partial charge < -0.3 is 5.32 Å². The number of aromatic nitrogens is 1. The third-order valence-electron chi connectivity index (χ3n) is 3.09. The summed E-state index contributed by atoms with van der Waals surface area (Å²) >= 11 is 0. The third-order valence-corrected chi connectivity index (χ3v) is 3.09. The quantitative estimate of drug-likeness (QED) is 0.738. The highest BCUT2D eigenvalue weighted by Gasteiger charge is 2.09. The molecule has 0 aliphatic rings. The molecule has 3 rings (SSSR count). The van der Waals surface area contributed by atoms with E-state index in [9.17, 15) is 8.78 Å². The van der Waals surface area contributed by atoms with Crippen molar-refractivity contribution in [1.29, 1.82) is 0 Å². The largest absolute Gasteiger partial charge is 0.355 e. The van der Waals surface area contributed by atoms with Crippen LogP contribution in [0, 0.1) is 18.6 Å². The molecule has 1 N–H and O–H groups in total. The Balaban J connectivity index is 2.09. The molecule has 0 aliphatic carbocycles. The molecule has 2 aromatic carbocycles. The summed E-state index contributed by atoms with van der Waals surface area (Å²) in [5.41, 5.74) is 2.78. The number of fused-ring (bicyclic) bond motifs is 1. The van der Waals surface area contributed by atoms with Crippen molar-refractivity contribution in [2.24, 2.45) is 0 Å². The SMILES string of the molecule is Cc1ccc(Nc2ccnc3c(F)cc(F)cc23)cc1. The minimum Gasteiger partial charge on any atom is -0.355 e. The van der Waals surface area contributed by atoms with Crippen molar-refractivity contribution < 1.29 is 8.78 Å². The summed E-state index contributed by atoms with van der Waals surface area (Å²) in [6.45, 7) is 2.00. The molecule has 1 aromatic heterocycles. The van der Waals surface area contributed by atoms with Gasteiger partial charge in [0.05, 0.1) is 0 Å². The van der Waals surface area contributed by atoms with E-state index in [2.05, 4.69) is 10.3 Å². The van der Waals surface area contributed by atoms with Gasteiger partial charge in [0.2, 0.25) is 0 Å². The maximum atomic E-state index is 13.7.